The van der Waals surface area contributed by atoms with Crippen LogP contribution in [-0.4, -0.2) is 183 Å². The number of esters is 2. The highest BCUT2D eigenvalue weighted by atomic mass is 16.8. The lowest BCUT2D eigenvalue weighted by atomic mass is 9.80. The summed E-state index contributed by atoms with van der Waals surface area (Å²) in [5.74, 6) is -7.32. The van der Waals surface area contributed by atoms with Gasteiger partial charge >= 0.3 is 11.9 Å². The number of carbonyl (C=O) groups excluding carboxylic acids is 2. The van der Waals surface area contributed by atoms with E-state index in [2.05, 4.69) is 4.74 Å². The van der Waals surface area contributed by atoms with Crippen LogP contribution in [0.25, 0.3) is 0 Å². The van der Waals surface area contributed by atoms with Gasteiger partial charge < -0.3 is 83.5 Å². The fourth-order valence-electron chi connectivity index (χ4n) is 11.4. The number of rotatable bonds is 10. The minimum absolute atomic E-state index is 0.0233. The molecule has 412 valence electrons. The van der Waals surface area contributed by atoms with E-state index in [1.54, 1.807) is 38.2 Å². The van der Waals surface area contributed by atoms with Crippen molar-refractivity contribution in [3.05, 3.63) is 36.5 Å². The van der Waals surface area contributed by atoms with Gasteiger partial charge in [0.25, 0.3) is 0 Å². The first-order valence-electron chi connectivity index (χ1n) is 26.4. The Morgan fingerprint density at radius 3 is 2.19 bits per heavy atom. The summed E-state index contributed by atoms with van der Waals surface area (Å²) in [6.07, 6.45) is 0.838. The zero-order valence-corrected chi connectivity index (χ0v) is 43.2. The highest BCUT2D eigenvalue weighted by molar-refractivity contribution is 5.74. The first-order chi connectivity index (χ1) is 34.2. The molecule has 0 aromatic rings. The Hall–Kier alpha value is -2.44. The van der Waals surface area contributed by atoms with Gasteiger partial charge in [-0.05, 0) is 82.6 Å². The number of fused-ring (bicyclic) bond motifs is 6. The molecule has 2 spiro atoms. The van der Waals surface area contributed by atoms with Crippen LogP contribution >= 0.6 is 0 Å². The van der Waals surface area contributed by atoms with Crippen LogP contribution < -0.4 is 0 Å². The normalized spacial score (nSPS) is 44.1. The number of methoxy groups -OCH3 is 3. The molecule has 72 heavy (non-hydrogen) atoms. The summed E-state index contributed by atoms with van der Waals surface area (Å²) in [4.78, 5) is 25.4. The number of hydrogen-bond acceptors (Lipinski definition) is 19. The molecule has 21 atom stereocenters. The van der Waals surface area contributed by atoms with Gasteiger partial charge in [-0.1, -0.05) is 51.2 Å². The highest BCUT2D eigenvalue weighted by Crippen LogP contribution is 2.48. The van der Waals surface area contributed by atoms with Gasteiger partial charge in [-0.15, -0.1) is 0 Å². The molecule has 6 aliphatic heterocycles. The van der Waals surface area contributed by atoms with Crippen LogP contribution in [0.2, 0.25) is 0 Å². The van der Waals surface area contributed by atoms with Crippen LogP contribution in [0, 0.1) is 17.8 Å². The minimum atomic E-state index is -2.00. The fourth-order valence-corrected chi connectivity index (χ4v) is 11.4. The summed E-state index contributed by atoms with van der Waals surface area (Å²) in [7, 11) is 4.19. The number of aliphatic hydroxyl groups excluding tert-OH is 7. The molecule has 0 aromatic heterocycles. The van der Waals surface area contributed by atoms with Crippen molar-refractivity contribution in [3.8, 4) is 0 Å². The van der Waals surface area contributed by atoms with Crippen LogP contribution in [0.3, 0.4) is 0 Å². The molecule has 19 heteroatoms. The summed E-state index contributed by atoms with van der Waals surface area (Å²) in [6.45, 7) is 5.55. The lowest BCUT2D eigenvalue weighted by Gasteiger charge is -2.54. The summed E-state index contributed by atoms with van der Waals surface area (Å²) < 4.78 is 55.0. The zero-order valence-electron chi connectivity index (χ0n) is 43.2. The van der Waals surface area contributed by atoms with Gasteiger partial charge in [-0.2, -0.15) is 0 Å². The van der Waals surface area contributed by atoms with Crippen molar-refractivity contribution in [1.29, 1.82) is 0 Å². The van der Waals surface area contributed by atoms with Gasteiger partial charge in [0, 0.05) is 64.6 Å². The molecule has 8 bridgehead atoms. The van der Waals surface area contributed by atoms with E-state index in [-0.39, 0.29) is 70.1 Å². The van der Waals surface area contributed by atoms with Gasteiger partial charge in [0.1, 0.15) is 24.4 Å². The summed E-state index contributed by atoms with van der Waals surface area (Å²) in [5.41, 5.74) is 0. The van der Waals surface area contributed by atoms with Crippen molar-refractivity contribution in [3.63, 3.8) is 0 Å². The molecule has 0 aliphatic carbocycles. The Balaban J connectivity index is 1.25. The van der Waals surface area contributed by atoms with Crippen LogP contribution in [0.1, 0.15) is 136 Å². The topological polar surface area (TPSA) is 279 Å². The quantitative estimate of drug-likeness (QED) is 0.115. The third-order valence-electron chi connectivity index (χ3n) is 16.0. The first kappa shape index (κ1) is 58.8. The number of hydrogen-bond donors (Lipinski definition) is 8. The van der Waals surface area contributed by atoms with E-state index >= 15 is 0 Å². The van der Waals surface area contributed by atoms with E-state index in [1.807, 2.05) is 19.1 Å². The maximum atomic E-state index is 13.9. The maximum Gasteiger partial charge on any atom is 0.335 e. The third kappa shape index (κ3) is 15.4. The van der Waals surface area contributed by atoms with Crippen molar-refractivity contribution in [1.82, 2.24) is 0 Å². The lowest BCUT2D eigenvalue weighted by Crippen LogP contribution is -2.63. The number of aliphatic hydroxyl groups is 8. The molecule has 5 fully saturated rings. The molecular weight excluding hydrogens is 941 g/mol. The molecule has 0 saturated carbocycles. The van der Waals surface area contributed by atoms with Gasteiger partial charge in [0.15, 0.2) is 23.5 Å². The number of allylic oxidation sites excluding steroid dienone is 2. The van der Waals surface area contributed by atoms with E-state index in [0.717, 1.165) is 0 Å². The van der Waals surface area contributed by atoms with Crippen LogP contribution in [0.15, 0.2) is 36.5 Å². The Morgan fingerprint density at radius 2 is 1.47 bits per heavy atom. The van der Waals surface area contributed by atoms with Crippen molar-refractivity contribution >= 4 is 11.9 Å². The molecule has 8 N–H and O–H groups in total. The average Bonchev–Trinajstić information content (AvgIpc) is 3.34. The molecule has 14 unspecified atom stereocenters. The highest BCUT2D eigenvalue weighted by Gasteiger charge is 2.57. The van der Waals surface area contributed by atoms with E-state index in [1.165, 1.54) is 21.3 Å². The molecule has 6 rings (SSSR count). The smallest absolute Gasteiger partial charge is 0.335 e. The second-order valence-electron chi connectivity index (χ2n) is 21.6. The standard InChI is InChI=1S/C53H86O19/c1-31-19-22-51-24-21-41(64-4)49(71-51)48(61)46(59)32(2)17-18-40-47(60)44(65-5)29-52(69-40)23-20-33(3)53(63,72-52)30-43(38(56)15-10-8-7-9-11-16-39(57)50(62)66-6)68-45(58)28-37-14-12-13-36(67-37)26-34(54)25-35(55)27-42(31)70-51/h8-11,19,22,31-44,46-49,54-57,59-61,63H,7,12-18,20-21,23-30H2,1-6H3/b10-8+,11-9-/t31?,32?,33?,34?,35?,36?,37?,38?,39?,40-,41+,42-,43?,44-,46?,47-,48?,49+,51+,52?,53?/m1/s1. The molecule has 0 amide bonds. The van der Waals surface area contributed by atoms with E-state index in [9.17, 15) is 50.4 Å². The lowest BCUT2D eigenvalue weighted by molar-refractivity contribution is -0.423. The first-order valence-corrected chi connectivity index (χ1v) is 26.4. The van der Waals surface area contributed by atoms with Crippen molar-refractivity contribution < 1.29 is 93.1 Å². The summed E-state index contributed by atoms with van der Waals surface area (Å²) in [5, 5.41) is 91.9. The number of cyclic esters (lactones) is 1. The van der Waals surface area contributed by atoms with Crippen molar-refractivity contribution in [2.75, 3.05) is 21.3 Å². The van der Waals surface area contributed by atoms with Gasteiger partial charge in [-0.3, -0.25) is 4.79 Å². The molecule has 0 aromatic carbocycles. The van der Waals surface area contributed by atoms with Crippen LogP contribution in [-0.2, 0) is 52.2 Å². The second-order valence-corrected chi connectivity index (χ2v) is 21.6. The van der Waals surface area contributed by atoms with Crippen molar-refractivity contribution in [2.24, 2.45) is 17.8 Å². The monoisotopic (exact) mass is 1030 g/mol. The fraction of sp³-hybridized carbons (Fsp3) is 0.849. The Kier molecular flexibility index (Phi) is 21.7. The molecule has 5 saturated heterocycles. The third-order valence-corrected chi connectivity index (χ3v) is 16.0. The van der Waals surface area contributed by atoms with E-state index in [4.69, 9.17) is 37.9 Å². The summed E-state index contributed by atoms with van der Waals surface area (Å²) >= 11 is 0. The second kappa shape index (κ2) is 26.6. The number of ether oxygens (including phenoxy) is 9. The van der Waals surface area contributed by atoms with E-state index < -0.39 is 133 Å². The van der Waals surface area contributed by atoms with Gasteiger partial charge in [0.05, 0.1) is 74.6 Å². The zero-order chi connectivity index (χ0) is 52.4. The van der Waals surface area contributed by atoms with Crippen LogP contribution in [0.5, 0.6) is 0 Å². The molecule has 6 aliphatic rings. The predicted molar refractivity (Wildman–Crippen MR) is 258 cm³/mol. The predicted octanol–water partition coefficient (Wildman–Crippen LogP) is 3.32. The van der Waals surface area contributed by atoms with Gasteiger partial charge in [-0.25, -0.2) is 4.79 Å². The largest absolute Gasteiger partial charge is 0.467 e. The molecule has 19 nitrogen and oxygen atoms in total. The Labute approximate surface area is 424 Å². The number of carbonyl (C=O) groups is 2. The minimum Gasteiger partial charge on any atom is -0.467 e. The van der Waals surface area contributed by atoms with Crippen molar-refractivity contribution in [2.45, 2.75) is 245 Å². The molecular formula is C53H86O19. The SMILES string of the molecule is COC(=O)C(O)C/C=C\C/C=C/CC(O)C1CC2(O)OC3(CCC2C)C[C@@H](OC)[C@H](O)[C@@H](CCC(C)C(O)C(O)[C@H]2O[C@@]4(C=CC(C)[C@@H](CC(O)CC(O)CC5CCCC(CC(=O)O1)O5)O4)CC[C@@H]2OC)O3. The molecule has 0 radical (unpaired) electrons. The molecule has 6 heterocycles. The summed E-state index contributed by atoms with van der Waals surface area (Å²) in [6, 6.07) is 0. The van der Waals surface area contributed by atoms with Gasteiger partial charge in [0.2, 0.25) is 0 Å². The Bertz CT molecular complexity index is 1800. The van der Waals surface area contributed by atoms with Crippen LogP contribution in [0.4, 0.5) is 0 Å². The van der Waals surface area contributed by atoms with E-state index in [0.29, 0.717) is 51.4 Å². The average molecular weight is 1030 g/mol. The Morgan fingerprint density at radius 1 is 0.764 bits per heavy atom. The maximum absolute atomic E-state index is 13.9.